The van der Waals surface area contributed by atoms with Crippen molar-refractivity contribution in [3.05, 3.63) is 0 Å². The molecule has 0 aliphatic heterocycles. The minimum absolute atomic E-state index is 1.98. The zero-order valence-electron chi connectivity index (χ0n) is 2.89. The predicted molar refractivity (Wildman–Crippen MR) is 21.3 cm³/mol. The topological polar surface area (TPSA) is 51.2 Å². The zero-order chi connectivity index (χ0) is 6.08. The minimum atomic E-state index is -5.11. The van der Waals surface area contributed by atoms with Crippen LogP contribution >= 0.6 is 11.6 Å². The van der Waals surface area contributed by atoms with Gasteiger partial charge >= 0.3 is 14.8 Å². The molecule has 3 nitrogen and oxygen atoms in total. The highest BCUT2D eigenvalue weighted by Crippen LogP contribution is 1.97. The number of hydrogen-bond acceptors (Lipinski definition) is 3. The summed E-state index contributed by atoms with van der Waals surface area (Å²) in [4.78, 5) is 9.27. The lowest BCUT2D eigenvalue weighted by molar-refractivity contribution is 0.273. The number of rotatable bonds is 0. The van der Waals surface area contributed by atoms with Crippen LogP contribution in [0.4, 0.5) is 8.68 Å². The Kier molecular flexibility index (Phi) is 1.71. The Hall–Kier alpha value is -0.160. The molecule has 0 unspecified atom stereocenters. The van der Waals surface area contributed by atoms with Crippen molar-refractivity contribution in [2.24, 2.45) is 0 Å². The zero-order valence-corrected chi connectivity index (χ0v) is 4.46. The first-order valence-electron chi connectivity index (χ1n) is 1.08. The molecule has 0 heterocycles. The molecular weight excluding hydrogens is 147 g/mol. The third kappa shape index (κ3) is 2.52. The largest absolute Gasteiger partial charge is 0.382 e. The Morgan fingerprint density at radius 3 is 1.71 bits per heavy atom. The van der Waals surface area contributed by atoms with Crippen LogP contribution in [0.5, 0.6) is 0 Å². The van der Waals surface area contributed by atoms with Gasteiger partial charge in [0.2, 0.25) is 0 Å². The first-order chi connectivity index (χ1) is 2.94. The summed E-state index contributed by atoms with van der Waals surface area (Å²) in [5.74, 6) is 0. The smallest absolute Gasteiger partial charge is 0.260 e. The van der Waals surface area contributed by atoms with Gasteiger partial charge in [0.1, 0.15) is 0 Å². The van der Waals surface area contributed by atoms with Crippen LogP contribution in [0.1, 0.15) is 0 Å². The lowest BCUT2D eigenvalue weighted by Gasteiger charge is -1.73. The maximum Gasteiger partial charge on any atom is 0.382 e. The molecule has 0 aromatic carbocycles. The molecule has 0 fully saturated rings. The van der Waals surface area contributed by atoms with Gasteiger partial charge in [0, 0.05) is 0 Å². The second kappa shape index (κ2) is 1.75. The van der Waals surface area contributed by atoms with Gasteiger partial charge < -0.3 is 0 Å². The molecule has 7 heavy (non-hydrogen) atoms. The molecule has 0 amide bonds. The lowest BCUT2D eigenvalue weighted by atomic mass is 11.8. The van der Waals surface area contributed by atoms with Crippen LogP contribution in [0.2, 0.25) is 0 Å². The van der Waals surface area contributed by atoms with E-state index in [0.717, 1.165) is 0 Å². The van der Waals surface area contributed by atoms with Crippen LogP contribution in [0.25, 0.3) is 0 Å². The van der Waals surface area contributed by atoms with Crippen molar-refractivity contribution < 1.29 is 17.1 Å². The number of halogens is 2. The summed E-state index contributed by atoms with van der Waals surface area (Å²) in [6.07, 6.45) is 0. The Bertz CT molecular complexity index is 169. The molecule has 6 heteroatoms. The number of carbonyl (C=O) groups is 1. The first-order valence-corrected chi connectivity index (χ1v) is 2.85. The molecule has 0 radical (unpaired) electrons. The van der Waals surface area contributed by atoms with Crippen LogP contribution in [0, 0.1) is 0 Å². The average Bonchev–Trinajstić information content (AvgIpc) is 1.31. The van der Waals surface area contributed by atoms with E-state index in [0.29, 0.717) is 0 Å². The van der Waals surface area contributed by atoms with Gasteiger partial charge in [-0.05, 0) is 11.6 Å². The van der Waals surface area contributed by atoms with E-state index in [9.17, 15) is 17.1 Å². The van der Waals surface area contributed by atoms with Crippen LogP contribution < -0.4 is 0 Å². The molecule has 0 spiro atoms. The van der Waals surface area contributed by atoms with E-state index in [2.05, 4.69) is 11.6 Å². The molecule has 0 saturated heterocycles. The molecule has 42 valence electrons. The van der Waals surface area contributed by atoms with Crippen LogP contribution in [0.15, 0.2) is 0 Å². The molecule has 0 N–H and O–H groups in total. The molecule has 0 aliphatic rings. The highest BCUT2D eigenvalue weighted by molar-refractivity contribution is 8.05. The van der Waals surface area contributed by atoms with E-state index in [1.54, 1.807) is 0 Å². The Morgan fingerprint density at radius 2 is 1.71 bits per heavy atom. The van der Waals surface area contributed by atoms with Gasteiger partial charge in [-0.25, -0.2) is 0 Å². The summed E-state index contributed by atoms with van der Waals surface area (Å²) < 4.78 is 27.4. The third-order valence-electron chi connectivity index (χ3n) is 0.192. The van der Waals surface area contributed by atoms with Crippen LogP contribution in [-0.2, 0) is 10.2 Å². The summed E-state index contributed by atoms with van der Waals surface area (Å²) in [5, 5.41) is 0. The molecule has 0 rings (SSSR count). The predicted octanol–water partition coefficient (Wildman–Crippen LogP) is 0.645. The number of carbonyl (C=O) groups excluding carboxylic acids is 1. The first kappa shape index (κ1) is 6.84. The fraction of sp³-hybridized carbons (Fsp3) is 0. The van der Waals surface area contributed by atoms with Gasteiger partial charge in [-0.1, -0.05) is 3.89 Å². The molecule has 0 aliphatic carbocycles. The van der Waals surface area contributed by atoms with Crippen molar-refractivity contribution in [3.63, 3.8) is 0 Å². The Balaban J connectivity index is 4.43. The normalized spacial score (nSPS) is 11.1. The third-order valence-corrected chi connectivity index (χ3v) is 1.13. The molecule has 0 aromatic rings. The van der Waals surface area contributed by atoms with Gasteiger partial charge in [-0.3, -0.25) is 4.79 Å². The van der Waals surface area contributed by atoms with Gasteiger partial charge in [0.25, 0.3) is 0 Å². The molecule has 0 atom stereocenters. The van der Waals surface area contributed by atoms with E-state index in [1.165, 1.54) is 0 Å². The molecule has 0 aromatic heterocycles. The maximum atomic E-state index is 11.0. The van der Waals surface area contributed by atoms with E-state index >= 15 is 0 Å². The monoisotopic (exact) mass is 146 g/mol. The maximum absolute atomic E-state index is 11.0. The SMILES string of the molecule is O=C(Cl)S(=O)(=O)F. The summed E-state index contributed by atoms with van der Waals surface area (Å²) >= 11 is 4.15. The fourth-order valence-electron chi connectivity index (χ4n) is 0. The van der Waals surface area contributed by atoms with Crippen molar-refractivity contribution in [2.75, 3.05) is 0 Å². The second-order valence-corrected chi connectivity index (χ2v) is 2.49. The highest BCUT2D eigenvalue weighted by Gasteiger charge is 2.15. The second-order valence-electron chi connectivity index (χ2n) is 0.675. The van der Waals surface area contributed by atoms with Crippen molar-refractivity contribution in [3.8, 4) is 0 Å². The van der Waals surface area contributed by atoms with Gasteiger partial charge in [0.15, 0.2) is 0 Å². The Morgan fingerprint density at radius 1 is 1.57 bits per heavy atom. The molecule has 0 bridgehead atoms. The van der Waals surface area contributed by atoms with E-state index in [1.807, 2.05) is 0 Å². The summed E-state index contributed by atoms with van der Waals surface area (Å²) in [5.41, 5.74) is 0. The van der Waals surface area contributed by atoms with E-state index < -0.39 is 14.8 Å². The van der Waals surface area contributed by atoms with Crippen molar-refractivity contribution in [1.82, 2.24) is 0 Å². The standard InChI is InChI=1S/CClFO3S/c2-1(4)7(3,5)6. The van der Waals surface area contributed by atoms with Gasteiger partial charge in [-0.2, -0.15) is 8.42 Å². The molecule has 0 saturated carbocycles. The fourth-order valence-corrected chi connectivity index (χ4v) is 0. The average molecular weight is 147 g/mol. The summed E-state index contributed by atoms with van der Waals surface area (Å²) in [6, 6.07) is 0. The van der Waals surface area contributed by atoms with Gasteiger partial charge in [-0.15, -0.1) is 0 Å². The van der Waals surface area contributed by atoms with Crippen LogP contribution in [0.3, 0.4) is 0 Å². The molecular formula is CClFO3S. The lowest BCUT2D eigenvalue weighted by Crippen LogP contribution is -1.95. The quantitative estimate of drug-likeness (QED) is 0.472. The van der Waals surface area contributed by atoms with Crippen molar-refractivity contribution in [2.45, 2.75) is 0 Å². The minimum Gasteiger partial charge on any atom is -0.260 e. The van der Waals surface area contributed by atoms with Crippen LogP contribution in [-0.4, -0.2) is 13.0 Å². The number of hydrogen-bond donors (Lipinski definition) is 0. The summed E-state index contributed by atoms with van der Waals surface area (Å²) in [6.45, 7) is 0. The highest BCUT2D eigenvalue weighted by atomic mass is 35.5. The van der Waals surface area contributed by atoms with Crippen molar-refractivity contribution >= 4 is 26.4 Å². The summed E-state index contributed by atoms with van der Waals surface area (Å²) in [7, 11) is -5.11. The van der Waals surface area contributed by atoms with Gasteiger partial charge in [0.05, 0.1) is 0 Å². The van der Waals surface area contributed by atoms with E-state index in [4.69, 9.17) is 0 Å². The van der Waals surface area contributed by atoms with Crippen molar-refractivity contribution in [1.29, 1.82) is 0 Å². The Labute approximate surface area is 44.3 Å². The van der Waals surface area contributed by atoms with E-state index in [-0.39, 0.29) is 0 Å².